The third-order valence-electron chi connectivity index (χ3n) is 9.14. The Balaban J connectivity index is 2.05. The van der Waals surface area contributed by atoms with Gasteiger partial charge in [-0.3, -0.25) is 4.79 Å². The summed E-state index contributed by atoms with van der Waals surface area (Å²) in [5.41, 5.74) is -0.711. The molecule has 0 heterocycles. The number of fused-ring (bicyclic) bond motifs is 2. The first-order valence-electron chi connectivity index (χ1n) is 10.9. The van der Waals surface area contributed by atoms with E-state index in [1.54, 1.807) is 6.92 Å². The Kier molecular flexibility index (Phi) is 6.05. The Hall–Kier alpha value is -0.500. The fraction of sp³-hybridized carbons (Fsp3) is 0.955. The number of aliphatic hydroxyl groups excluding tert-OH is 1. The van der Waals surface area contributed by atoms with Crippen molar-refractivity contribution in [2.24, 2.45) is 22.7 Å². The lowest BCUT2D eigenvalue weighted by Crippen LogP contribution is -2.58. The highest BCUT2D eigenvalue weighted by molar-refractivity contribution is 7.93. The van der Waals surface area contributed by atoms with E-state index in [0.717, 1.165) is 12.8 Å². The van der Waals surface area contributed by atoms with Crippen LogP contribution in [0.4, 0.5) is 0 Å². The van der Waals surface area contributed by atoms with Crippen LogP contribution in [0.15, 0.2) is 0 Å². The number of ketones is 1. The Labute approximate surface area is 175 Å². The smallest absolute Gasteiger partial charge is 0.161 e. The van der Waals surface area contributed by atoms with Crippen LogP contribution < -0.4 is 0 Å². The Morgan fingerprint density at radius 2 is 1.76 bits per heavy atom. The summed E-state index contributed by atoms with van der Waals surface area (Å²) >= 11 is 0. The van der Waals surface area contributed by atoms with Gasteiger partial charge in [0.2, 0.25) is 0 Å². The minimum atomic E-state index is -3.79. The average Bonchev–Trinajstić information content (AvgIpc) is 2.96. The molecule has 1 N–H and O–H groups in total. The van der Waals surface area contributed by atoms with Crippen LogP contribution in [-0.2, 0) is 24.1 Å². The van der Waals surface area contributed by atoms with Crippen LogP contribution in [0.25, 0.3) is 0 Å². The molecule has 0 aromatic carbocycles. The van der Waals surface area contributed by atoms with Gasteiger partial charge in [0.1, 0.15) is 5.78 Å². The molecule has 0 radical (unpaired) electrons. The summed E-state index contributed by atoms with van der Waals surface area (Å²) in [6, 6.07) is 0. The Morgan fingerprint density at radius 3 is 2.24 bits per heavy atom. The number of Topliss-reactive ketones (excluding diaryl/α,β-unsaturated/α-hetero) is 1. The van der Waals surface area contributed by atoms with Gasteiger partial charge in [0, 0.05) is 38.9 Å². The van der Waals surface area contributed by atoms with Crippen LogP contribution in [0, 0.1) is 22.7 Å². The zero-order valence-electron chi connectivity index (χ0n) is 18.7. The summed E-state index contributed by atoms with van der Waals surface area (Å²) in [5, 5.41) is 10.6. The monoisotopic (exact) mass is 430 g/mol. The van der Waals surface area contributed by atoms with Crippen molar-refractivity contribution in [3.05, 3.63) is 0 Å². The summed E-state index contributed by atoms with van der Waals surface area (Å²) in [4.78, 5) is 12.2. The molecule has 7 heteroatoms. The van der Waals surface area contributed by atoms with E-state index in [1.165, 1.54) is 14.2 Å². The summed E-state index contributed by atoms with van der Waals surface area (Å²) in [6.45, 7) is 7.97. The summed E-state index contributed by atoms with van der Waals surface area (Å²) in [5.74, 6) is -0.253. The lowest BCUT2D eigenvalue weighted by molar-refractivity contribution is -0.123. The lowest BCUT2D eigenvalue weighted by Gasteiger charge is -2.44. The Morgan fingerprint density at radius 1 is 1.14 bits per heavy atom. The van der Waals surface area contributed by atoms with Crippen LogP contribution >= 0.6 is 0 Å². The third-order valence-corrected chi connectivity index (χ3v) is 12.3. The summed E-state index contributed by atoms with van der Waals surface area (Å²) in [6.07, 6.45) is 2.44. The zero-order valence-corrected chi connectivity index (χ0v) is 19.5. The fourth-order valence-corrected chi connectivity index (χ4v) is 10.1. The maximum absolute atomic E-state index is 14.3. The van der Waals surface area contributed by atoms with Gasteiger partial charge in [0.05, 0.1) is 16.1 Å². The largest absolute Gasteiger partial charge is 0.391 e. The van der Waals surface area contributed by atoms with Crippen LogP contribution in [0.1, 0.15) is 72.6 Å². The van der Waals surface area contributed by atoms with Crippen molar-refractivity contribution in [2.45, 2.75) is 95.0 Å². The first-order chi connectivity index (χ1) is 13.4. The van der Waals surface area contributed by atoms with Gasteiger partial charge in [-0.05, 0) is 49.9 Å². The molecule has 29 heavy (non-hydrogen) atoms. The van der Waals surface area contributed by atoms with E-state index in [0.29, 0.717) is 19.3 Å². The van der Waals surface area contributed by atoms with Crippen LogP contribution in [0.2, 0.25) is 0 Å². The molecular weight excluding hydrogens is 392 g/mol. The van der Waals surface area contributed by atoms with Gasteiger partial charge in [-0.2, -0.15) is 0 Å². The highest BCUT2D eigenvalue weighted by Crippen LogP contribution is 2.71. The minimum Gasteiger partial charge on any atom is -0.391 e. The standard InChI is InChI=1S/C22H38O6S/c1-20(2)17-10-11-21(20,3)19(24)22(17,4)29(25,26)16(13-18(27-5)28-6)14-8-7-9-15(23)12-14/h14,16-19,24H,7-13H2,1-6H3/t14-,16-,17-,19-,21-,22+/m0/s1. The van der Waals surface area contributed by atoms with Gasteiger partial charge < -0.3 is 14.6 Å². The minimum absolute atomic E-state index is 0.120. The SMILES string of the molecule is COC(C[C@@H]([C@H]1CCCC(=O)C1)S(=O)(=O)[C@@]1(C)[C@@H](O)[C@]2(C)CC[C@H]1C2(C)C)OC. The number of rotatable bonds is 7. The molecule has 0 spiro atoms. The molecule has 3 fully saturated rings. The number of carbonyl (C=O) groups excluding carboxylic acids is 1. The molecule has 168 valence electrons. The molecule has 0 unspecified atom stereocenters. The maximum Gasteiger partial charge on any atom is 0.161 e. The number of hydrogen-bond donors (Lipinski definition) is 1. The number of carbonyl (C=O) groups is 1. The van der Waals surface area contributed by atoms with Crippen molar-refractivity contribution in [3.63, 3.8) is 0 Å². The topological polar surface area (TPSA) is 89.9 Å². The molecule has 6 atom stereocenters. The number of aliphatic hydroxyl groups is 1. The van der Waals surface area contributed by atoms with Gasteiger partial charge in [-0.15, -0.1) is 0 Å². The molecule has 2 bridgehead atoms. The molecule has 0 aromatic heterocycles. The van der Waals surface area contributed by atoms with E-state index >= 15 is 0 Å². The van der Waals surface area contributed by atoms with Crippen molar-refractivity contribution in [2.75, 3.05) is 14.2 Å². The predicted octanol–water partition coefficient (Wildman–Crippen LogP) is 3.11. The second-order valence-electron chi connectivity index (χ2n) is 10.4. The van der Waals surface area contributed by atoms with Gasteiger partial charge in [-0.25, -0.2) is 8.42 Å². The van der Waals surface area contributed by atoms with E-state index in [2.05, 4.69) is 13.8 Å². The quantitative estimate of drug-likeness (QED) is 0.624. The molecule has 0 amide bonds. The third kappa shape index (κ3) is 3.14. The average molecular weight is 431 g/mol. The van der Waals surface area contributed by atoms with Crippen molar-refractivity contribution < 1.29 is 27.8 Å². The second kappa shape index (κ2) is 7.57. The first kappa shape index (κ1) is 23.2. The van der Waals surface area contributed by atoms with Gasteiger partial charge in [0.25, 0.3) is 0 Å². The Bertz CT molecular complexity index is 742. The van der Waals surface area contributed by atoms with E-state index in [1.807, 2.05) is 6.92 Å². The van der Waals surface area contributed by atoms with Crippen LogP contribution in [0.3, 0.4) is 0 Å². The fourth-order valence-electron chi connectivity index (χ4n) is 6.95. The van der Waals surface area contributed by atoms with E-state index in [-0.39, 0.29) is 35.9 Å². The predicted molar refractivity (Wildman–Crippen MR) is 111 cm³/mol. The normalized spacial score (nSPS) is 40.6. The molecule has 3 saturated carbocycles. The number of hydrogen-bond acceptors (Lipinski definition) is 6. The van der Waals surface area contributed by atoms with Gasteiger partial charge >= 0.3 is 0 Å². The summed E-state index contributed by atoms with van der Waals surface area (Å²) in [7, 11) is -0.786. The van der Waals surface area contributed by atoms with Crippen LogP contribution in [-0.4, -0.2) is 55.9 Å². The van der Waals surface area contributed by atoms with Gasteiger partial charge in [0.15, 0.2) is 16.1 Å². The first-order valence-corrected chi connectivity index (χ1v) is 12.4. The highest BCUT2D eigenvalue weighted by Gasteiger charge is 2.75. The van der Waals surface area contributed by atoms with Crippen LogP contribution in [0.5, 0.6) is 0 Å². The number of sulfone groups is 1. The molecule has 0 aromatic rings. The zero-order chi connectivity index (χ0) is 21.8. The second-order valence-corrected chi connectivity index (χ2v) is 13.0. The van der Waals surface area contributed by atoms with Crippen molar-refractivity contribution in [1.82, 2.24) is 0 Å². The van der Waals surface area contributed by atoms with Gasteiger partial charge in [-0.1, -0.05) is 20.8 Å². The van der Waals surface area contributed by atoms with E-state index in [9.17, 15) is 18.3 Å². The summed E-state index contributed by atoms with van der Waals surface area (Å²) < 4.78 is 38.0. The maximum atomic E-state index is 14.3. The molecule has 0 saturated heterocycles. The molecule has 3 rings (SSSR count). The molecule has 3 aliphatic carbocycles. The van der Waals surface area contributed by atoms with E-state index in [4.69, 9.17) is 9.47 Å². The molecule has 3 aliphatic rings. The highest BCUT2D eigenvalue weighted by atomic mass is 32.2. The van der Waals surface area contributed by atoms with Crippen molar-refractivity contribution in [3.8, 4) is 0 Å². The number of methoxy groups -OCH3 is 2. The van der Waals surface area contributed by atoms with Crippen molar-refractivity contribution >= 4 is 15.6 Å². The van der Waals surface area contributed by atoms with Crippen molar-refractivity contribution in [1.29, 1.82) is 0 Å². The van der Waals surface area contributed by atoms with E-state index < -0.39 is 37.6 Å². The molecular formula is C22H38O6S. The molecule has 6 nitrogen and oxygen atoms in total. The molecule has 0 aliphatic heterocycles. The number of ether oxygens (including phenoxy) is 2. The lowest BCUT2D eigenvalue weighted by atomic mass is 9.70.